The van der Waals surface area contributed by atoms with E-state index in [4.69, 9.17) is 4.74 Å². The first-order valence-electron chi connectivity index (χ1n) is 17.1. The quantitative estimate of drug-likeness (QED) is 0.148. The molecule has 0 heterocycles. The van der Waals surface area contributed by atoms with Crippen molar-refractivity contribution in [2.75, 3.05) is 6.61 Å². The highest BCUT2D eigenvalue weighted by Gasteiger charge is 2.31. The highest BCUT2D eigenvalue weighted by Crippen LogP contribution is 2.45. The van der Waals surface area contributed by atoms with Crippen LogP contribution < -0.4 is 4.74 Å². The van der Waals surface area contributed by atoms with E-state index in [9.17, 15) is 8.78 Å². The zero-order chi connectivity index (χ0) is 30.9. The number of unbranched alkanes of at least 4 members (excludes halogenated alkanes) is 2. The van der Waals surface area contributed by atoms with Gasteiger partial charge >= 0.3 is 0 Å². The first-order valence-corrected chi connectivity index (χ1v) is 17.1. The van der Waals surface area contributed by atoms with Crippen molar-refractivity contribution in [1.82, 2.24) is 0 Å². The number of rotatable bonds is 12. The van der Waals surface area contributed by atoms with Crippen LogP contribution in [0.1, 0.15) is 109 Å². The Balaban J connectivity index is 1.16. The van der Waals surface area contributed by atoms with Gasteiger partial charge in [0, 0.05) is 11.1 Å². The molecular formula is C40H49F3O. The summed E-state index contributed by atoms with van der Waals surface area (Å²) in [5.41, 5.74) is 3.06. The van der Waals surface area contributed by atoms with Gasteiger partial charge in [-0.25, -0.2) is 8.78 Å². The average Bonchev–Trinajstić information content (AvgIpc) is 3.06. The molecule has 5 rings (SSSR count). The van der Waals surface area contributed by atoms with Crippen molar-refractivity contribution in [3.63, 3.8) is 0 Å². The maximum absolute atomic E-state index is 15.4. The lowest BCUT2D eigenvalue weighted by Gasteiger charge is -2.38. The molecule has 4 heteroatoms. The maximum atomic E-state index is 15.4. The Morgan fingerprint density at radius 2 is 1.36 bits per heavy atom. The zero-order valence-electron chi connectivity index (χ0n) is 26.6. The van der Waals surface area contributed by atoms with Crippen LogP contribution in [0.3, 0.4) is 0 Å². The topological polar surface area (TPSA) is 9.23 Å². The molecule has 236 valence electrons. The highest BCUT2D eigenvalue weighted by atomic mass is 19.2. The Labute approximate surface area is 262 Å². The monoisotopic (exact) mass is 602 g/mol. The van der Waals surface area contributed by atoms with Gasteiger partial charge < -0.3 is 4.74 Å². The number of allylic oxidation sites excluding steroid dienone is 2. The molecule has 2 aliphatic carbocycles. The summed E-state index contributed by atoms with van der Waals surface area (Å²) in [7, 11) is 0. The summed E-state index contributed by atoms with van der Waals surface area (Å²) in [5, 5.41) is 0. The third-order valence-corrected chi connectivity index (χ3v) is 10.3. The van der Waals surface area contributed by atoms with Gasteiger partial charge in [-0.3, -0.25) is 0 Å². The molecule has 2 fully saturated rings. The van der Waals surface area contributed by atoms with Crippen molar-refractivity contribution in [2.45, 2.75) is 103 Å². The van der Waals surface area contributed by atoms with Gasteiger partial charge in [0.15, 0.2) is 11.6 Å². The molecule has 0 aromatic heterocycles. The van der Waals surface area contributed by atoms with E-state index in [1.165, 1.54) is 57.4 Å². The Morgan fingerprint density at radius 1 is 0.727 bits per heavy atom. The first-order chi connectivity index (χ1) is 21.5. The Kier molecular flexibility index (Phi) is 11.6. The molecule has 1 nitrogen and oxygen atoms in total. The zero-order valence-corrected chi connectivity index (χ0v) is 26.6. The molecule has 2 aliphatic rings. The van der Waals surface area contributed by atoms with Crippen LogP contribution in [-0.4, -0.2) is 6.61 Å². The molecule has 2 saturated carbocycles. The smallest absolute Gasteiger partial charge is 0.201 e. The van der Waals surface area contributed by atoms with Crippen LogP contribution >= 0.6 is 0 Å². The fourth-order valence-corrected chi connectivity index (χ4v) is 7.62. The molecular weight excluding hydrogens is 553 g/mol. The van der Waals surface area contributed by atoms with Crippen LogP contribution in [0, 0.1) is 35.2 Å². The van der Waals surface area contributed by atoms with Crippen LogP contribution in [0.15, 0.2) is 66.7 Å². The molecule has 0 radical (unpaired) electrons. The molecule has 0 aliphatic heterocycles. The molecule has 0 N–H and O–H groups in total. The Morgan fingerprint density at radius 3 is 2.00 bits per heavy atom. The molecule has 0 saturated heterocycles. The molecule has 0 amide bonds. The normalized spacial score (nSPS) is 22.4. The second-order valence-electron chi connectivity index (χ2n) is 13.2. The molecule has 0 bridgehead atoms. The van der Waals surface area contributed by atoms with Crippen LogP contribution in [0.4, 0.5) is 13.2 Å². The molecule has 44 heavy (non-hydrogen) atoms. The van der Waals surface area contributed by atoms with E-state index >= 15 is 4.39 Å². The second-order valence-corrected chi connectivity index (χ2v) is 13.2. The summed E-state index contributed by atoms with van der Waals surface area (Å²) in [6.45, 7) is 4.55. The minimum atomic E-state index is -0.971. The van der Waals surface area contributed by atoms with Crippen molar-refractivity contribution in [2.24, 2.45) is 17.8 Å². The van der Waals surface area contributed by atoms with Crippen molar-refractivity contribution >= 4 is 0 Å². The summed E-state index contributed by atoms with van der Waals surface area (Å²) >= 11 is 0. The number of halogens is 3. The van der Waals surface area contributed by atoms with Gasteiger partial charge in [0.25, 0.3) is 0 Å². The number of hydrogen-bond donors (Lipinski definition) is 0. The summed E-state index contributed by atoms with van der Waals surface area (Å²) in [4.78, 5) is 0. The van der Waals surface area contributed by atoms with E-state index in [2.05, 4.69) is 32.1 Å². The summed E-state index contributed by atoms with van der Waals surface area (Å²) < 4.78 is 50.4. The van der Waals surface area contributed by atoms with Crippen LogP contribution in [0.2, 0.25) is 0 Å². The van der Waals surface area contributed by atoms with E-state index in [1.807, 2.05) is 6.07 Å². The van der Waals surface area contributed by atoms with Crippen LogP contribution in [-0.2, 0) is 0 Å². The molecule has 3 aromatic carbocycles. The lowest BCUT2D eigenvalue weighted by molar-refractivity contribution is 0.157. The van der Waals surface area contributed by atoms with E-state index in [1.54, 1.807) is 36.4 Å². The van der Waals surface area contributed by atoms with Crippen molar-refractivity contribution < 1.29 is 17.9 Å². The molecule has 0 unspecified atom stereocenters. The molecule has 0 spiro atoms. The highest BCUT2D eigenvalue weighted by molar-refractivity contribution is 5.71. The number of hydrogen-bond acceptors (Lipinski definition) is 1. The molecule has 3 aromatic rings. The third-order valence-electron chi connectivity index (χ3n) is 10.3. The number of benzene rings is 3. The Bertz CT molecular complexity index is 1360. The summed E-state index contributed by atoms with van der Waals surface area (Å²) in [6, 6.07) is 15.7. The van der Waals surface area contributed by atoms with E-state index in [0.717, 1.165) is 61.0 Å². The van der Waals surface area contributed by atoms with Gasteiger partial charge in [-0.15, -0.1) is 0 Å². The molecule has 0 atom stereocenters. The van der Waals surface area contributed by atoms with Crippen molar-refractivity contribution in [3.8, 4) is 28.0 Å². The Hall–Kier alpha value is -3.01. The second kappa shape index (κ2) is 15.8. The average molecular weight is 603 g/mol. The van der Waals surface area contributed by atoms with E-state index in [-0.39, 0.29) is 17.1 Å². The van der Waals surface area contributed by atoms with E-state index < -0.39 is 11.6 Å². The van der Waals surface area contributed by atoms with Gasteiger partial charge in [0.05, 0.1) is 6.61 Å². The largest absolute Gasteiger partial charge is 0.490 e. The van der Waals surface area contributed by atoms with Crippen LogP contribution in [0.25, 0.3) is 22.3 Å². The predicted molar refractivity (Wildman–Crippen MR) is 176 cm³/mol. The lowest BCUT2D eigenvalue weighted by Crippen LogP contribution is -2.25. The number of ether oxygens (including phenoxy) is 1. The van der Waals surface area contributed by atoms with Gasteiger partial charge in [0.1, 0.15) is 5.82 Å². The predicted octanol–water partition coefficient (Wildman–Crippen LogP) is 12.4. The standard InChI is InChI=1S/C40H49F3O/c1-3-5-7-9-28-10-12-29(13-11-28)30-14-16-31(17-15-30)34-22-23-35(37(41)27-34)32-18-20-33(21-19-32)36-24-25-38(40(43)39(36)42)44-26-8-6-4-2/h3,5,18-25,27-31H,4,6-17,26H2,1-2H3/b5-3+. The summed E-state index contributed by atoms with van der Waals surface area (Å²) in [6.07, 6.45) is 20.2. The van der Waals surface area contributed by atoms with E-state index in [0.29, 0.717) is 23.7 Å². The van der Waals surface area contributed by atoms with Crippen molar-refractivity contribution in [1.29, 1.82) is 0 Å². The van der Waals surface area contributed by atoms with Crippen LogP contribution in [0.5, 0.6) is 5.75 Å². The minimum Gasteiger partial charge on any atom is -0.490 e. The first kappa shape index (κ1) is 32.4. The lowest BCUT2D eigenvalue weighted by atomic mass is 9.68. The SMILES string of the molecule is C/C=C/CCC1CCC(C2CCC(c3ccc(-c4ccc(-c5ccc(OCCCCC)c(F)c5F)cc4)c(F)c3)CC2)CC1. The minimum absolute atomic E-state index is 0.0621. The summed E-state index contributed by atoms with van der Waals surface area (Å²) in [5.74, 6) is 0.855. The van der Waals surface area contributed by atoms with Gasteiger partial charge in [0.2, 0.25) is 5.82 Å². The fourth-order valence-electron chi connectivity index (χ4n) is 7.62. The van der Waals surface area contributed by atoms with Gasteiger partial charge in [-0.2, -0.15) is 4.39 Å². The maximum Gasteiger partial charge on any atom is 0.201 e. The van der Waals surface area contributed by atoms with Gasteiger partial charge in [-0.1, -0.05) is 81.2 Å². The van der Waals surface area contributed by atoms with Crippen molar-refractivity contribution in [3.05, 3.63) is 89.8 Å². The van der Waals surface area contributed by atoms with Gasteiger partial charge in [-0.05, 0) is 123 Å². The third kappa shape index (κ3) is 7.98. The fraction of sp³-hybridized carbons (Fsp3) is 0.500.